The number of nitrogens with zero attached hydrogens (tertiary/aromatic N) is 6. The van der Waals surface area contributed by atoms with Crippen molar-refractivity contribution in [2.75, 3.05) is 31.1 Å². The van der Waals surface area contributed by atoms with E-state index in [0.29, 0.717) is 0 Å². The number of piperazine rings is 1. The molecule has 8 nitrogen and oxygen atoms in total. The zero-order valence-electron chi connectivity index (χ0n) is 23.6. The van der Waals surface area contributed by atoms with E-state index in [-0.39, 0.29) is 17.6 Å². The Balaban J connectivity index is 1.40. The van der Waals surface area contributed by atoms with Gasteiger partial charge in [-0.15, -0.1) is 5.10 Å². The van der Waals surface area contributed by atoms with Gasteiger partial charge in [-0.1, -0.05) is 43.0 Å². The second-order valence-corrected chi connectivity index (χ2v) is 11.5. The van der Waals surface area contributed by atoms with Crippen molar-refractivity contribution in [3.63, 3.8) is 0 Å². The Hall–Kier alpha value is -3.52. The van der Waals surface area contributed by atoms with Crippen molar-refractivity contribution in [2.24, 2.45) is 0 Å². The van der Waals surface area contributed by atoms with Crippen molar-refractivity contribution in [1.29, 1.82) is 0 Å². The lowest BCUT2D eigenvalue weighted by Gasteiger charge is -2.40. The number of H-pyrrole nitrogens is 1. The molecule has 2 aromatic heterocycles. The Labute approximate surface area is 230 Å². The van der Waals surface area contributed by atoms with Crippen LogP contribution in [0, 0.1) is 27.7 Å². The molecular weight excluding hydrogens is 486 g/mol. The minimum absolute atomic E-state index is 0.0606. The van der Waals surface area contributed by atoms with Crippen LogP contribution in [0.15, 0.2) is 41.2 Å². The Morgan fingerprint density at radius 3 is 2.46 bits per heavy atom. The molecule has 39 heavy (non-hydrogen) atoms. The van der Waals surface area contributed by atoms with Crippen LogP contribution in [-0.2, 0) is 0 Å². The first-order valence-corrected chi connectivity index (χ1v) is 14.4. The normalized spacial score (nSPS) is 18.1. The number of anilines is 1. The summed E-state index contributed by atoms with van der Waals surface area (Å²) in [6, 6.07) is 12.9. The fraction of sp³-hybridized carbons (Fsp3) is 0.484. The van der Waals surface area contributed by atoms with Crippen LogP contribution in [-0.4, -0.2) is 56.3 Å². The number of rotatable bonds is 5. The van der Waals surface area contributed by atoms with Gasteiger partial charge < -0.3 is 9.88 Å². The monoisotopic (exact) mass is 525 g/mol. The maximum Gasteiger partial charge on any atom is 0.253 e. The van der Waals surface area contributed by atoms with Crippen molar-refractivity contribution < 1.29 is 0 Å². The molecule has 204 valence electrons. The molecule has 0 amide bonds. The summed E-state index contributed by atoms with van der Waals surface area (Å²) < 4.78 is 2.03. The number of pyridine rings is 1. The van der Waals surface area contributed by atoms with E-state index in [1.807, 2.05) is 4.68 Å². The smallest absolute Gasteiger partial charge is 0.253 e. The van der Waals surface area contributed by atoms with E-state index in [2.05, 4.69) is 94.4 Å². The Morgan fingerprint density at radius 2 is 1.69 bits per heavy atom. The van der Waals surface area contributed by atoms with Crippen molar-refractivity contribution in [2.45, 2.75) is 71.9 Å². The molecule has 1 unspecified atom stereocenters. The van der Waals surface area contributed by atoms with Gasteiger partial charge in [0.15, 0.2) is 5.82 Å². The van der Waals surface area contributed by atoms with Crippen LogP contribution in [0.3, 0.4) is 0 Å². The number of fused-ring (bicyclic) bond motifs is 1. The van der Waals surface area contributed by atoms with Crippen molar-refractivity contribution in [1.82, 2.24) is 30.1 Å². The fourth-order valence-corrected chi connectivity index (χ4v) is 6.67. The average Bonchev–Trinajstić information content (AvgIpc) is 3.42. The van der Waals surface area contributed by atoms with E-state index >= 15 is 0 Å². The number of nitrogens with one attached hydrogen (secondary N) is 1. The second-order valence-electron chi connectivity index (χ2n) is 11.5. The SMILES string of the molecule is Cc1cc(C)c2[nH]c(=O)c(C(c3nnnn3C3CCCCC3)N3CCN(c4cccc(C)c4C)CC3)cc2c1. The highest BCUT2D eigenvalue weighted by atomic mass is 16.1. The largest absolute Gasteiger partial charge is 0.369 e. The maximum absolute atomic E-state index is 13.7. The quantitative estimate of drug-likeness (QED) is 0.387. The molecule has 0 radical (unpaired) electrons. The highest BCUT2D eigenvalue weighted by Gasteiger charge is 2.34. The van der Waals surface area contributed by atoms with Crippen molar-refractivity contribution in [3.05, 3.63) is 80.4 Å². The van der Waals surface area contributed by atoms with Crippen LogP contribution in [0.1, 0.15) is 77.8 Å². The Morgan fingerprint density at radius 1 is 0.923 bits per heavy atom. The van der Waals surface area contributed by atoms with Gasteiger partial charge in [-0.3, -0.25) is 9.69 Å². The van der Waals surface area contributed by atoms with Crippen molar-refractivity contribution in [3.8, 4) is 0 Å². The first-order chi connectivity index (χ1) is 18.9. The molecule has 1 saturated heterocycles. The van der Waals surface area contributed by atoms with E-state index in [4.69, 9.17) is 0 Å². The van der Waals surface area contributed by atoms with Crippen LogP contribution in [0.25, 0.3) is 10.9 Å². The standard InChI is InChI=1S/C31H39N7O/c1-20-17-22(3)28-24(18-20)19-26(31(39)32-28)29(30-33-34-35-38(30)25-10-6-5-7-11-25)37-15-13-36(14-16-37)27-12-8-9-21(2)23(27)4/h8-9,12,17-19,25,29H,5-7,10-11,13-16H2,1-4H3,(H,32,39). The number of aromatic amines is 1. The number of benzene rings is 2. The molecule has 1 aliphatic heterocycles. The molecule has 1 aliphatic carbocycles. The third kappa shape index (κ3) is 4.86. The Kier molecular flexibility index (Phi) is 6.97. The van der Waals surface area contributed by atoms with Gasteiger partial charge in [0, 0.05) is 37.4 Å². The van der Waals surface area contributed by atoms with Gasteiger partial charge in [0.25, 0.3) is 5.56 Å². The number of aromatic nitrogens is 5. The second kappa shape index (κ2) is 10.6. The van der Waals surface area contributed by atoms with Gasteiger partial charge in [0.1, 0.15) is 6.04 Å². The minimum atomic E-state index is -0.309. The van der Waals surface area contributed by atoms with Gasteiger partial charge in [-0.2, -0.15) is 0 Å². The van der Waals surface area contributed by atoms with Crippen LogP contribution in [0.5, 0.6) is 0 Å². The predicted octanol–water partition coefficient (Wildman–Crippen LogP) is 5.17. The molecule has 8 heteroatoms. The van der Waals surface area contributed by atoms with Gasteiger partial charge in [-0.05, 0) is 91.2 Å². The zero-order chi connectivity index (χ0) is 27.1. The summed E-state index contributed by atoms with van der Waals surface area (Å²) >= 11 is 0. The predicted molar refractivity (Wildman–Crippen MR) is 156 cm³/mol. The number of aryl methyl sites for hydroxylation is 3. The first kappa shape index (κ1) is 25.7. The molecule has 1 N–H and O–H groups in total. The molecule has 0 bridgehead atoms. The van der Waals surface area contributed by atoms with E-state index < -0.39 is 0 Å². The fourth-order valence-electron chi connectivity index (χ4n) is 6.67. The highest BCUT2D eigenvalue weighted by molar-refractivity contribution is 5.83. The summed E-state index contributed by atoms with van der Waals surface area (Å²) in [4.78, 5) is 21.8. The maximum atomic E-state index is 13.7. The summed E-state index contributed by atoms with van der Waals surface area (Å²) in [7, 11) is 0. The van der Waals surface area contributed by atoms with Crippen molar-refractivity contribution >= 4 is 16.6 Å². The van der Waals surface area contributed by atoms with E-state index in [1.54, 1.807) is 0 Å². The van der Waals surface area contributed by atoms with Crippen LogP contribution in [0.2, 0.25) is 0 Å². The Bertz CT molecular complexity index is 1540. The lowest BCUT2D eigenvalue weighted by molar-refractivity contribution is 0.192. The molecule has 1 atom stereocenters. The molecule has 2 aromatic carbocycles. The van der Waals surface area contributed by atoms with Crippen LogP contribution in [0.4, 0.5) is 5.69 Å². The summed E-state index contributed by atoms with van der Waals surface area (Å²) in [5.41, 5.74) is 7.78. The molecule has 1 saturated carbocycles. The third-order valence-corrected chi connectivity index (χ3v) is 8.90. The van der Waals surface area contributed by atoms with E-state index in [9.17, 15) is 4.79 Å². The molecular formula is C31H39N7O. The molecule has 4 aromatic rings. The first-order valence-electron chi connectivity index (χ1n) is 14.4. The van der Waals surface area contributed by atoms with Gasteiger partial charge in [-0.25, -0.2) is 4.68 Å². The summed E-state index contributed by atoms with van der Waals surface area (Å²) in [6.07, 6.45) is 5.81. The van der Waals surface area contributed by atoms with Crippen LogP contribution < -0.4 is 10.5 Å². The van der Waals surface area contributed by atoms with E-state index in [0.717, 1.165) is 66.9 Å². The zero-order valence-corrected chi connectivity index (χ0v) is 23.6. The van der Waals surface area contributed by atoms with Gasteiger partial charge in [0.2, 0.25) is 0 Å². The van der Waals surface area contributed by atoms with Gasteiger partial charge in [0.05, 0.1) is 11.6 Å². The minimum Gasteiger partial charge on any atom is -0.369 e. The lowest BCUT2D eigenvalue weighted by Crippen LogP contribution is -2.49. The average molecular weight is 526 g/mol. The summed E-state index contributed by atoms with van der Waals surface area (Å²) in [5, 5.41) is 14.3. The number of hydrogen-bond acceptors (Lipinski definition) is 6. The van der Waals surface area contributed by atoms with E-state index in [1.165, 1.54) is 41.6 Å². The molecule has 6 rings (SSSR count). The third-order valence-electron chi connectivity index (χ3n) is 8.90. The molecule has 3 heterocycles. The number of tetrazole rings is 1. The molecule has 2 fully saturated rings. The lowest BCUT2D eigenvalue weighted by atomic mass is 9.94. The number of hydrogen-bond donors (Lipinski definition) is 1. The van der Waals surface area contributed by atoms with Gasteiger partial charge >= 0.3 is 0 Å². The topological polar surface area (TPSA) is 82.9 Å². The van der Waals surface area contributed by atoms with Crippen LogP contribution >= 0.6 is 0 Å². The summed E-state index contributed by atoms with van der Waals surface area (Å²) in [6.45, 7) is 11.9. The molecule has 2 aliphatic rings. The summed E-state index contributed by atoms with van der Waals surface area (Å²) in [5.74, 6) is 0.788. The highest BCUT2D eigenvalue weighted by Crippen LogP contribution is 2.34. The molecule has 0 spiro atoms.